The van der Waals surface area contributed by atoms with Gasteiger partial charge in [-0.3, -0.25) is 9.36 Å². The number of aromatic nitrogens is 1. The quantitative estimate of drug-likeness (QED) is 0.725. The van der Waals surface area contributed by atoms with Gasteiger partial charge in [0.05, 0.1) is 13.7 Å². The molecule has 1 aromatic rings. The van der Waals surface area contributed by atoms with Crippen molar-refractivity contribution in [2.45, 2.75) is 32.7 Å². The van der Waals surface area contributed by atoms with E-state index in [1.807, 2.05) is 13.8 Å². The van der Waals surface area contributed by atoms with Gasteiger partial charge >= 0.3 is 5.97 Å². The third-order valence-corrected chi connectivity index (χ3v) is 2.60. The lowest BCUT2D eigenvalue weighted by Gasteiger charge is -2.17. The van der Waals surface area contributed by atoms with E-state index < -0.39 is 6.04 Å². The van der Waals surface area contributed by atoms with E-state index >= 15 is 0 Å². The van der Waals surface area contributed by atoms with Crippen molar-refractivity contribution in [3.05, 3.63) is 28.7 Å². The second kappa shape index (κ2) is 6.83. The molecule has 0 N–H and O–H groups in total. The average Bonchev–Trinajstić information content (AvgIpc) is 2.39. The lowest BCUT2D eigenvalue weighted by molar-refractivity contribution is -0.147. The molecule has 18 heavy (non-hydrogen) atoms. The van der Waals surface area contributed by atoms with Crippen LogP contribution in [0.1, 0.15) is 32.7 Å². The zero-order valence-corrected chi connectivity index (χ0v) is 11.0. The minimum absolute atomic E-state index is 0.222. The minimum Gasteiger partial charge on any atom is -0.491 e. The number of carbonyl (C=O) groups is 1. The molecule has 0 saturated carbocycles. The van der Waals surface area contributed by atoms with Crippen molar-refractivity contribution in [2.75, 3.05) is 13.7 Å². The number of rotatable bonds is 6. The van der Waals surface area contributed by atoms with Gasteiger partial charge in [0.2, 0.25) is 0 Å². The molecule has 0 saturated heterocycles. The Balaban J connectivity index is 3.02. The molecule has 0 radical (unpaired) electrons. The summed E-state index contributed by atoms with van der Waals surface area (Å²) in [5.41, 5.74) is -0.319. The van der Waals surface area contributed by atoms with Gasteiger partial charge in [-0.1, -0.05) is 13.8 Å². The van der Waals surface area contributed by atoms with E-state index in [9.17, 15) is 9.59 Å². The van der Waals surface area contributed by atoms with E-state index in [1.54, 1.807) is 18.3 Å². The number of methoxy groups -OCH3 is 1. The number of ether oxygens (including phenoxy) is 2. The molecule has 1 atom stereocenters. The molecular weight excluding hydrogens is 234 g/mol. The second-order valence-corrected chi connectivity index (χ2v) is 3.88. The molecule has 0 bridgehead atoms. The minimum atomic E-state index is -0.598. The predicted octanol–water partition coefficient (Wildman–Crippen LogP) is 1.76. The van der Waals surface area contributed by atoms with Gasteiger partial charge in [-0.2, -0.15) is 0 Å². The van der Waals surface area contributed by atoms with E-state index in [1.165, 1.54) is 11.7 Å². The molecular formula is C13H19NO4. The summed E-state index contributed by atoms with van der Waals surface area (Å²) < 4.78 is 11.4. The summed E-state index contributed by atoms with van der Waals surface area (Å²) >= 11 is 0. The fourth-order valence-electron chi connectivity index (χ4n) is 1.67. The van der Waals surface area contributed by atoms with E-state index in [-0.39, 0.29) is 17.3 Å². The van der Waals surface area contributed by atoms with E-state index in [0.29, 0.717) is 13.0 Å². The molecule has 0 aliphatic rings. The van der Waals surface area contributed by atoms with Crippen LogP contribution in [-0.2, 0) is 9.53 Å². The molecule has 1 unspecified atom stereocenters. The van der Waals surface area contributed by atoms with Gasteiger partial charge in [-0.05, 0) is 25.0 Å². The molecule has 5 heteroatoms. The van der Waals surface area contributed by atoms with Gasteiger partial charge < -0.3 is 9.47 Å². The predicted molar refractivity (Wildman–Crippen MR) is 67.8 cm³/mol. The van der Waals surface area contributed by atoms with Crippen molar-refractivity contribution in [2.24, 2.45) is 0 Å². The highest BCUT2D eigenvalue weighted by Gasteiger charge is 2.21. The number of esters is 1. The summed E-state index contributed by atoms with van der Waals surface area (Å²) in [5.74, 6) is -0.158. The smallest absolute Gasteiger partial charge is 0.329 e. The summed E-state index contributed by atoms with van der Waals surface area (Å²) in [6.45, 7) is 4.13. The molecule has 0 amide bonds. The van der Waals surface area contributed by atoms with Crippen LogP contribution in [0.15, 0.2) is 23.1 Å². The normalized spacial score (nSPS) is 11.9. The zero-order valence-electron chi connectivity index (χ0n) is 11.0. The number of hydrogen-bond acceptors (Lipinski definition) is 4. The van der Waals surface area contributed by atoms with Crippen LogP contribution in [-0.4, -0.2) is 24.3 Å². The molecule has 0 aliphatic carbocycles. The molecule has 1 aromatic heterocycles. The fraction of sp³-hybridized carbons (Fsp3) is 0.538. The Hall–Kier alpha value is -1.78. The summed E-state index contributed by atoms with van der Waals surface area (Å²) in [5, 5.41) is 0. The Morgan fingerprint density at radius 2 is 2.17 bits per heavy atom. The number of hydrogen-bond donors (Lipinski definition) is 0. The molecule has 5 nitrogen and oxygen atoms in total. The maximum absolute atomic E-state index is 12.0. The molecule has 0 fully saturated rings. The summed E-state index contributed by atoms with van der Waals surface area (Å²) in [4.78, 5) is 23.9. The van der Waals surface area contributed by atoms with Crippen molar-refractivity contribution in [3.63, 3.8) is 0 Å². The first-order chi connectivity index (χ1) is 8.65. The SMILES string of the molecule is CCCOC(=O)C(CC)n1cccc(OC)c1=O. The van der Waals surface area contributed by atoms with Crippen molar-refractivity contribution < 1.29 is 14.3 Å². The lowest BCUT2D eigenvalue weighted by atomic mass is 10.2. The van der Waals surface area contributed by atoms with Crippen LogP contribution < -0.4 is 10.3 Å². The second-order valence-electron chi connectivity index (χ2n) is 3.88. The Kier molecular flexibility index (Phi) is 5.42. The Morgan fingerprint density at radius 3 is 2.72 bits per heavy atom. The molecule has 1 heterocycles. The van der Waals surface area contributed by atoms with Crippen molar-refractivity contribution in [1.82, 2.24) is 4.57 Å². The van der Waals surface area contributed by atoms with Gasteiger partial charge in [-0.15, -0.1) is 0 Å². The number of pyridine rings is 1. The van der Waals surface area contributed by atoms with Crippen molar-refractivity contribution in [3.8, 4) is 5.75 Å². The lowest BCUT2D eigenvalue weighted by Crippen LogP contribution is -2.30. The van der Waals surface area contributed by atoms with Crippen molar-refractivity contribution >= 4 is 5.97 Å². The standard InChI is InChI=1S/C13H19NO4/c1-4-9-18-13(16)10(5-2)14-8-6-7-11(17-3)12(14)15/h6-8,10H,4-5,9H2,1-3H3. The summed E-state index contributed by atoms with van der Waals surface area (Å²) in [6, 6.07) is 2.65. The highest BCUT2D eigenvalue weighted by atomic mass is 16.5. The highest BCUT2D eigenvalue weighted by molar-refractivity contribution is 5.74. The fourth-order valence-corrected chi connectivity index (χ4v) is 1.67. The van der Waals surface area contributed by atoms with Crippen LogP contribution >= 0.6 is 0 Å². The Bertz CT molecular complexity index is 453. The van der Waals surface area contributed by atoms with Crippen LogP contribution in [0.2, 0.25) is 0 Å². The topological polar surface area (TPSA) is 57.5 Å². The highest BCUT2D eigenvalue weighted by Crippen LogP contribution is 2.13. The monoisotopic (exact) mass is 253 g/mol. The average molecular weight is 253 g/mol. The molecule has 0 aliphatic heterocycles. The van der Waals surface area contributed by atoms with E-state index in [4.69, 9.17) is 9.47 Å². The van der Waals surface area contributed by atoms with Gasteiger partial charge in [0, 0.05) is 6.20 Å². The van der Waals surface area contributed by atoms with Crippen LogP contribution in [0, 0.1) is 0 Å². The van der Waals surface area contributed by atoms with Gasteiger partial charge in [0.25, 0.3) is 5.56 Å². The summed E-state index contributed by atoms with van der Waals surface area (Å²) in [6.07, 6.45) is 2.83. The maximum atomic E-state index is 12.0. The Morgan fingerprint density at radius 1 is 1.44 bits per heavy atom. The number of carbonyl (C=O) groups excluding carboxylic acids is 1. The van der Waals surface area contributed by atoms with Crippen LogP contribution in [0.3, 0.4) is 0 Å². The van der Waals surface area contributed by atoms with Crippen LogP contribution in [0.25, 0.3) is 0 Å². The Labute approximate surface area is 106 Å². The molecule has 100 valence electrons. The van der Waals surface area contributed by atoms with Crippen LogP contribution in [0.5, 0.6) is 5.75 Å². The molecule has 0 aromatic carbocycles. The van der Waals surface area contributed by atoms with Gasteiger partial charge in [0.15, 0.2) is 5.75 Å². The third kappa shape index (κ3) is 3.12. The first-order valence-electron chi connectivity index (χ1n) is 6.07. The third-order valence-electron chi connectivity index (χ3n) is 2.60. The van der Waals surface area contributed by atoms with E-state index in [2.05, 4.69) is 0 Å². The first kappa shape index (κ1) is 14.3. The van der Waals surface area contributed by atoms with Crippen LogP contribution in [0.4, 0.5) is 0 Å². The zero-order chi connectivity index (χ0) is 13.5. The summed E-state index contributed by atoms with van der Waals surface area (Å²) in [7, 11) is 1.43. The number of nitrogens with zero attached hydrogens (tertiary/aromatic N) is 1. The largest absolute Gasteiger partial charge is 0.491 e. The first-order valence-corrected chi connectivity index (χ1v) is 6.07. The molecule has 0 spiro atoms. The van der Waals surface area contributed by atoms with E-state index in [0.717, 1.165) is 6.42 Å². The van der Waals surface area contributed by atoms with Gasteiger partial charge in [-0.25, -0.2) is 4.79 Å². The maximum Gasteiger partial charge on any atom is 0.329 e. The molecule has 1 rings (SSSR count). The van der Waals surface area contributed by atoms with Crippen molar-refractivity contribution in [1.29, 1.82) is 0 Å². The van der Waals surface area contributed by atoms with Gasteiger partial charge in [0.1, 0.15) is 6.04 Å².